The van der Waals surface area contributed by atoms with Crippen LogP contribution in [0.5, 0.6) is 17.2 Å². The second kappa shape index (κ2) is 9.11. The van der Waals surface area contributed by atoms with Gasteiger partial charge in [0.1, 0.15) is 60.6 Å². The average Bonchev–Trinajstić information content (AvgIpc) is 3.14. The number of ether oxygens (including phenoxy) is 4. The molecule has 5 atom stereocenters. The molecule has 2 aromatic rings. The predicted molar refractivity (Wildman–Crippen MR) is 115 cm³/mol. The number of carbonyl (C=O) groups excluding carboxylic acids is 2. The van der Waals surface area contributed by atoms with Crippen LogP contribution < -0.4 is 4.74 Å². The molecule has 2 aliphatic heterocycles. The highest BCUT2D eigenvalue weighted by molar-refractivity contribution is 6.02. The Morgan fingerprint density at radius 2 is 1.82 bits per heavy atom. The van der Waals surface area contributed by atoms with Crippen molar-refractivity contribution < 1.29 is 54.1 Å². The monoisotopic (exact) mass is 476 g/mol. The number of rotatable bonds is 5. The number of ketones is 1. The molecule has 0 amide bonds. The molecule has 0 radical (unpaired) electrons. The van der Waals surface area contributed by atoms with Gasteiger partial charge in [-0.25, -0.2) is 0 Å². The second-order valence-corrected chi connectivity index (χ2v) is 8.14. The standard InChI is InChI=1S/C23H24O11/c1-9(24)3-14-18-12(7-32-14)4-11-5-13(26)6-15(17(11)20(18)28)33-23-22(30)21(29)19(27)16(34-23)8-31-10(2)25/h3-6,16,19,21-23,26-30H,7-8H2,1-2H3/b14-3-/t16-,19-,21+,22-,23-/m1/s1. The number of carbonyl (C=O) groups is 2. The minimum Gasteiger partial charge on any atom is -0.508 e. The van der Waals surface area contributed by atoms with E-state index in [1.807, 2.05) is 0 Å². The lowest BCUT2D eigenvalue weighted by Crippen LogP contribution is -2.60. The quantitative estimate of drug-likeness (QED) is 0.300. The van der Waals surface area contributed by atoms with Gasteiger partial charge in [0.15, 0.2) is 5.78 Å². The summed E-state index contributed by atoms with van der Waals surface area (Å²) in [5, 5.41) is 52.6. The molecule has 0 unspecified atom stereocenters. The molecule has 0 aliphatic carbocycles. The van der Waals surface area contributed by atoms with Crippen LogP contribution in [0.15, 0.2) is 24.3 Å². The molecule has 0 spiro atoms. The van der Waals surface area contributed by atoms with Crippen molar-refractivity contribution in [3.05, 3.63) is 35.4 Å². The van der Waals surface area contributed by atoms with E-state index in [9.17, 15) is 35.1 Å². The molecule has 2 aliphatic rings. The molecule has 11 heteroatoms. The van der Waals surface area contributed by atoms with Crippen LogP contribution in [0.3, 0.4) is 0 Å². The Balaban J connectivity index is 1.74. The fourth-order valence-corrected chi connectivity index (χ4v) is 4.01. The molecular formula is C23H24O11. The van der Waals surface area contributed by atoms with Crippen molar-refractivity contribution in [2.24, 2.45) is 0 Å². The Kier molecular flexibility index (Phi) is 6.36. The smallest absolute Gasteiger partial charge is 0.302 e. The highest BCUT2D eigenvalue weighted by Crippen LogP contribution is 2.46. The summed E-state index contributed by atoms with van der Waals surface area (Å²) in [4.78, 5) is 22.7. The van der Waals surface area contributed by atoms with Crippen molar-refractivity contribution in [1.29, 1.82) is 0 Å². The van der Waals surface area contributed by atoms with Gasteiger partial charge in [0.05, 0.1) is 10.9 Å². The van der Waals surface area contributed by atoms with Crippen molar-refractivity contribution in [3.63, 3.8) is 0 Å². The molecule has 0 saturated carbocycles. The lowest BCUT2D eigenvalue weighted by Gasteiger charge is -2.40. The topological polar surface area (TPSA) is 172 Å². The number of benzene rings is 2. The van der Waals surface area contributed by atoms with Crippen LogP contribution in [0.4, 0.5) is 0 Å². The van der Waals surface area contributed by atoms with Crippen molar-refractivity contribution in [1.82, 2.24) is 0 Å². The molecule has 1 saturated heterocycles. The van der Waals surface area contributed by atoms with Crippen LogP contribution in [0, 0.1) is 0 Å². The summed E-state index contributed by atoms with van der Waals surface area (Å²) in [6.45, 7) is 2.20. The molecule has 5 N–H and O–H groups in total. The fourth-order valence-electron chi connectivity index (χ4n) is 4.01. The van der Waals surface area contributed by atoms with Crippen molar-refractivity contribution in [3.8, 4) is 17.2 Å². The molecule has 0 aromatic heterocycles. The predicted octanol–water partition coefficient (Wildman–Crippen LogP) is 0.461. The Hall–Kier alpha value is -3.38. The zero-order valence-electron chi connectivity index (χ0n) is 18.3. The van der Waals surface area contributed by atoms with Gasteiger partial charge >= 0.3 is 5.97 Å². The van der Waals surface area contributed by atoms with Gasteiger partial charge in [-0.2, -0.15) is 0 Å². The first-order chi connectivity index (χ1) is 16.1. The maximum Gasteiger partial charge on any atom is 0.302 e. The number of aliphatic hydroxyl groups is 3. The Bertz CT molecular complexity index is 1170. The van der Waals surface area contributed by atoms with E-state index in [0.717, 1.165) is 6.92 Å². The molecule has 34 heavy (non-hydrogen) atoms. The van der Waals surface area contributed by atoms with Crippen LogP contribution >= 0.6 is 0 Å². The summed E-state index contributed by atoms with van der Waals surface area (Å²) in [6.07, 6.45) is -6.51. The van der Waals surface area contributed by atoms with Crippen molar-refractivity contribution >= 4 is 28.3 Å². The number of esters is 1. The number of fused-ring (bicyclic) bond motifs is 2. The zero-order chi connectivity index (χ0) is 24.7. The molecule has 4 rings (SSSR count). The summed E-state index contributed by atoms with van der Waals surface area (Å²) >= 11 is 0. The first kappa shape index (κ1) is 23.8. The SMILES string of the molecule is CC(=O)/C=C1\OCc2cc3cc(O)cc(O[C@@H]4O[C@H](COC(C)=O)[C@@H](O)[C@H](O)[C@H]4O)c3c(O)c21. The molecular weight excluding hydrogens is 452 g/mol. The third-order valence-corrected chi connectivity index (χ3v) is 5.57. The summed E-state index contributed by atoms with van der Waals surface area (Å²) in [5.74, 6) is -1.35. The summed E-state index contributed by atoms with van der Waals surface area (Å²) in [6, 6.07) is 4.21. The van der Waals surface area contributed by atoms with Gasteiger partial charge in [-0.15, -0.1) is 0 Å². The largest absolute Gasteiger partial charge is 0.508 e. The van der Waals surface area contributed by atoms with Crippen LogP contribution in [-0.2, 0) is 30.4 Å². The number of aromatic hydroxyl groups is 2. The molecule has 2 aromatic carbocycles. The number of hydrogen-bond donors (Lipinski definition) is 5. The van der Waals surface area contributed by atoms with Gasteiger partial charge in [0.2, 0.25) is 6.29 Å². The third kappa shape index (κ3) is 4.38. The first-order valence-corrected chi connectivity index (χ1v) is 10.4. The molecule has 182 valence electrons. The number of phenolic OH excluding ortho intramolecular Hbond substituents is 2. The first-order valence-electron chi connectivity index (χ1n) is 10.4. The number of allylic oxidation sites excluding steroid dienone is 1. The highest BCUT2D eigenvalue weighted by Gasteiger charge is 2.45. The number of hydrogen-bond acceptors (Lipinski definition) is 11. The second-order valence-electron chi connectivity index (χ2n) is 8.14. The maximum atomic E-state index is 11.6. The summed E-state index contributed by atoms with van der Waals surface area (Å²) in [5.41, 5.74) is 0.870. The molecule has 2 heterocycles. The third-order valence-electron chi connectivity index (χ3n) is 5.57. The Morgan fingerprint density at radius 1 is 1.09 bits per heavy atom. The van der Waals surface area contributed by atoms with Crippen LogP contribution in [0.25, 0.3) is 16.5 Å². The van der Waals surface area contributed by atoms with Gasteiger partial charge in [-0.1, -0.05) is 0 Å². The minimum absolute atomic E-state index is 0.107. The van der Waals surface area contributed by atoms with E-state index in [4.69, 9.17) is 18.9 Å². The maximum absolute atomic E-state index is 11.6. The van der Waals surface area contributed by atoms with Crippen LogP contribution in [0.2, 0.25) is 0 Å². The van der Waals surface area contributed by atoms with E-state index in [2.05, 4.69) is 0 Å². The number of phenols is 2. The van der Waals surface area contributed by atoms with Crippen LogP contribution in [-0.4, -0.2) is 74.6 Å². The van der Waals surface area contributed by atoms with Gasteiger partial charge in [0.25, 0.3) is 0 Å². The lowest BCUT2D eigenvalue weighted by molar-refractivity contribution is -0.278. The normalized spacial score (nSPS) is 27.3. The van der Waals surface area contributed by atoms with Gasteiger partial charge in [-0.3, -0.25) is 9.59 Å². The molecule has 0 bridgehead atoms. The fraction of sp³-hybridized carbons (Fsp3) is 0.391. The van der Waals surface area contributed by atoms with Crippen LogP contribution in [0.1, 0.15) is 25.0 Å². The zero-order valence-corrected chi connectivity index (χ0v) is 18.3. The lowest BCUT2D eigenvalue weighted by atomic mass is 9.98. The van der Waals surface area contributed by atoms with E-state index in [-0.39, 0.29) is 46.3 Å². The molecule has 11 nitrogen and oxygen atoms in total. The van der Waals surface area contributed by atoms with E-state index in [1.54, 1.807) is 6.07 Å². The Labute approximate surface area is 193 Å². The van der Waals surface area contributed by atoms with Gasteiger partial charge in [-0.05, 0) is 24.4 Å². The van der Waals surface area contributed by atoms with Crippen molar-refractivity contribution in [2.75, 3.05) is 6.61 Å². The summed E-state index contributed by atoms with van der Waals surface area (Å²) < 4.78 is 21.6. The Morgan fingerprint density at radius 3 is 2.50 bits per heavy atom. The van der Waals surface area contributed by atoms with Gasteiger partial charge < -0.3 is 44.5 Å². The van der Waals surface area contributed by atoms with Crippen molar-refractivity contribution in [2.45, 2.75) is 51.2 Å². The van der Waals surface area contributed by atoms with E-state index < -0.39 is 43.3 Å². The van der Waals surface area contributed by atoms with E-state index >= 15 is 0 Å². The number of aliphatic hydroxyl groups excluding tert-OH is 3. The highest BCUT2D eigenvalue weighted by atomic mass is 16.7. The van der Waals surface area contributed by atoms with Gasteiger partial charge in [0, 0.05) is 24.6 Å². The van der Waals surface area contributed by atoms with E-state index in [1.165, 1.54) is 25.1 Å². The minimum atomic E-state index is -1.71. The average molecular weight is 476 g/mol. The van der Waals surface area contributed by atoms with E-state index in [0.29, 0.717) is 10.9 Å². The summed E-state index contributed by atoms with van der Waals surface area (Å²) in [7, 11) is 0. The molecule has 1 fully saturated rings.